The van der Waals surface area contributed by atoms with Crippen LogP contribution >= 0.6 is 7.60 Å². The van der Waals surface area contributed by atoms with Gasteiger partial charge in [-0.3, -0.25) is 0 Å². The van der Waals surface area contributed by atoms with E-state index in [4.69, 9.17) is 0 Å². The molecule has 6 heteroatoms. The Morgan fingerprint density at radius 2 is 2.09 bits per heavy atom. The van der Waals surface area contributed by atoms with E-state index < -0.39 is 13.3 Å². The van der Waals surface area contributed by atoms with Crippen molar-refractivity contribution in [2.45, 2.75) is 19.8 Å². The first-order valence-electron chi connectivity index (χ1n) is 3.18. The van der Waals surface area contributed by atoms with Gasteiger partial charge in [-0.2, -0.15) is 0 Å². The molecule has 0 aliphatic carbocycles. The van der Waals surface area contributed by atoms with Crippen molar-refractivity contribution in [3.63, 3.8) is 0 Å². The minimum absolute atomic E-state index is 0.0101. The van der Waals surface area contributed by atoms with Crippen LogP contribution < -0.4 is 9.79 Å². The van der Waals surface area contributed by atoms with Crippen LogP contribution in [0.2, 0.25) is 0 Å². The minimum Gasteiger partial charge on any atom is -0.803 e. The molecule has 0 aromatic rings. The Morgan fingerprint density at radius 3 is 2.45 bits per heavy atom. The molecule has 0 radical (unpaired) electrons. The van der Waals surface area contributed by atoms with Gasteiger partial charge in [-0.1, -0.05) is 13.3 Å². The number of hydrogen-bond acceptors (Lipinski definition) is 5. The predicted octanol–water partition coefficient (Wildman–Crippen LogP) is -0.163. The standard InChI is InChI=1S/C5H11O5P/c1-2-3-4-10-5(6)11(7,8)9/h2-4H2,1H3,(H2,7,8,9)/p-2. The van der Waals surface area contributed by atoms with Crippen molar-refractivity contribution in [2.24, 2.45) is 0 Å². The summed E-state index contributed by atoms with van der Waals surface area (Å²) >= 11 is 0. The van der Waals surface area contributed by atoms with E-state index in [1.165, 1.54) is 0 Å². The van der Waals surface area contributed by atoms with Gasteiger partial charge in [-0.25, -0.2) is 4.79 Å². The molecule has 0 aliphatic heterocycles. The highest BCUT2D eigenvalue weighted by atomic mass is 31.2. The molecule has 5 nitrogen and oxygen atoms in total. The number of carbonyl (C=O) groups excluding carboxylic acids is 1. The Labute approximate surface area is 64.5 Å². The molecular weight excluding hydrogens is 171 g/mol. The summed E-state index contributed by atoms with van der Waals surface area (Å²) in [6, 6.07) is 0. The van der Waals surface area contributed by atoms with Gasteiger partial charge in [-0.05, 0) is 6.42 Å². The Kier molecular flexibility index (Phi) is 4.33. The summed E-state index contributed by atoms with van der Waals surface area (Å²) in [6.07, 6.45) is 1.33. The highest BCUT2D eigenvalue weighted by molar-refractivity contribution is 7.66. The molecule has 11 heavy (non-hydrogen) atoms. The van der Waals surface area contributed by atoms with Crippen molar-refractivity contribution in [1.29, 1.82) is 0 Å². The summed E-state index contributed by atoms with van der Waals surface area (Å²) in [7, 11) is -5.16. The van der Waals surface area contributed by atoms with Crippen LogP contribution in [0.5, 0.6) is 0 Å². The van der Waals surface area contributed by atoms with Crippen LogP contribution in [0.4, 0.5) is 4.79 Å². The van der Waals surface area contributed by atoms with Crippen molar-refractivity contribution >= 4 is 13.3 Å². The molecule has 0 aromatic heterocycles. The molecule has 0 fully saturated rings. The van der Waals surface area contributed by atoms with Crippen LogP contribution in [0.15, 0.2) is 0 Å². The van der Waals surface area contributed by atoms with E-state index >= 15 is 0 Å². The molecule has 0 bridgehead atoms. The maximum atomic E-state index is 10.2. The first-order valence-corrected chi connectivity index (χ1v) is 4.72. The first kappa shape index (κ1) is 10.6. The Morgan fingerprint density at radius 1 is 1.55 bits per heavy atom. The van der Waals surface area contributed by atoms with Gasteiger partial charge in [0.25, 0.3) is 0 Å². The number of ether oxygens (including phenoxy) is 1. The third-order valence-electron chi connectivity index (χ3n) is 0.947. The lowest BCUT2D eigenvalue weighted by Crippen LogP contribution is -2.22. The first-order chi connectivity index (χ1) is 4.98. The molecule has 0 heterocycles. The SMILES string of the molecule is CCCCOC(=O)P(=O)([O-])[O-]. The van der Waals surface area contributed by atoms with Crippen molar-refractivity contribution < 1.29 is 23.9 Å². The molecule has 0 saturated carbocycles. The molecule has 0 aromatic carbocycles. The summed E-state index contributed by atoms with van der Waals surface area (Å²) in [6.45, 7) is 1.84. The second kappa shape index (κ2) is 4.49. The summed E-state index contributed by atoms with van der Waals surface area (Å²) in [4.78, 5) is 30.1. The highest BCUT2D eigenvalue weighted by Crippen LogP contribution is 2.25. The van der Waals surface area contributed by atoms with Gasteiger partial charge in [0.15, 0.2) is 0 Å². The molecule has 0 N–H and O–H groups in total. The number of hydrogen-bond donors (Lipinski definition) is 0. The zero-order valence-electron chi connectivity index (χ0n) is 6.11. The maximum Gasteiger partial charge on any atom is 0.334 e. The van der Waals surface area contributed by atoms with Crippen molar-refractivity contribution in [3.05, 3.63) is 0 Å². The van der Waals surface area contributed by atoms with Gasteiger partial charge in [0.2, 0.25) is 0 Å². The summed E-state index contributed by atoms with van der Waals surface area (Å²) < 4.78 is 14.0. The van der Waals surface area contributed by atoms with Gasteiger partial charge >= 0.3 is 5.71 Å². The number of rotatable bonds is 4. The van der Waals surface area contributed by atoms with Gasteiger partial charge in [0.05, 0.1) is 6.61 Å². The van der Waals surface area contributed by atoms with Crippen LogP contribution in [0.3, 0.4) is 0 Å². The summed E-state index contributed by atoms with van der Waals surface area (Å²) in [5.74, 6) is 0. The third kappa shape index (κ3) is 4.95. The molecule has 66 valence electrons. The molecule has 0 saturated heterocycles. The van der Waals surface area contributed by atoms with Crippen LogP contribution in [-0.4, -0.2) is 12.3 Å². The topological polar surface area (TPSA) is 89.5 Å². The molecule has 0 rings (SSSR count). The van der Waals surface area contributed by atoms with E-state index in [2.05, 4.69) is 4.74 Å². The average molecular weight is 180 g/mol. The molecule has 0 atom stereocenters. The molecule has 0 aliphatic rings. The summed E-state index contributed by atoms with van der Waals surface area (Å²) in [5.41, 5.74) is -1.66. The predicted molar refractivity (Wildman–Crippen MR) is 33.9 cm³/mol. The zero-order valence-corrected chi connectivity index (χ0v) is 7.00. The summed E-state index contributed by atoms with van der Waals surface area (Å²) in [5, 5.41) is 0. The fraction of sp³-hybridized carbons (Fsp3) is 0.800. The van der Waals surface area contributed by atoms with E-state index in [-0.39, 0.29) is 6.61 Å². The lowest BCUT2D eigenvalue weighted by atomic mass is 10.4. The van der Waals surface area contributed by atoms with Crippen molar-refractivity contribution in [1.82, 2.24) is 0 Å². The van der Waals surface area contributed by atoms with E-state index in [0.717, 1.165) is 6.42 Å². The number of carbonyl (C=O) groups is 1. The molecular formula is C5H9O5P-2. The third-order valence-corrected chi connectivity index (χ3v) is 1.52. The van der Waals surface area contributed by atoms with E-state index in [9.17, 15) is 19.1 Å². The molecule has 0 spiro atoms. The van der Waals surface area contributed by atoms with E-state index in [1.54, 1.807) is 0 Å². The quantitative estimate of drug-likeness (QED) is 0.442. The second-order valence-corrected chi connectivity index (χ2v) is 3.33. The number of unbranched alkanes of at least 4 members (excludes halogenated alkanes) is 1. The van der Waals surface area contributed by atoms with Gasteiger partial charge < -0.3 is 19.1 Å². The Balaban J connectivity index is 3.63. The van der Waals surface area contributed by atoms with Gasteiger partial charge in [0.1, 0.15) is 0 Å². The normalized spacial score (nSPS) is 11.2. The van der Waals surface area contributed by atoms with Crippen LogP contribution in [-0.2, 0) is 9.30 Å². The van der Waals surface area contributed by atoms with E-state index in [0.29, 0.717) is 6.42 Å². The lowest BCUT2D eigenvalue weighted by molar-refractivity contribution is -0.309. The molecule has 0 amide bonds. The van der Waals surface area contributed by atoms with Crippen LogP contribution in [0.1, 0.15) is 19.8 Å². The van der Waals surface area contributed by atoms with Crippen molar-refractivity contribution in [2.75, 3.05) is 6.61 Å². The molecule has 0 unspecified atom stereocenters. The van der Waals surface area contributed by atoms with Gasteiger partial charge in [0, 0.05) is 7.60 Å². The Bertz CT molecular complexity index is 172. The van der Waals surface area contributed by atoms with Gasteiger partial charge in [-0.15, -0.1) is 0 Å². The average Bonchev–Trinajstić information content (AvgIpc) is 1.86. The smallest absolute Gasteiger partial charge is 0.334 e. The van der Waals surface area contributed by atoms with Crippen LogP contribution in [0.25, 0.3) is 0 Å². The fourth-order valence-corrected chi connectivity index (χ4v) is 0.632. The van der Waals surface area contributed by atoms with Crippen LogP contribution in [0, 0.1) is 0 Å². The van der Waals surface area contributed by atoms with E-state index in [1.807, 2.05) is 6.92 Å². The highest BCUT2D eigenvalue weighted by Gasteiger charge is 2.05. The Hall–Kier alpha value is -0.380. The fourth-order valence-electron chi connectivity index (χ4n) is 0.383. The second-order valence-electron chi connectivity index (χ2n) is 1.97. The van der Waals surface area contributed by atoms with Crippen molar-refractivity contribution in [3.8, 4) is 0 Å². The minimum atomic E-state index is -5.16. The largest absolute Gasteiger partial charge is 0.803 e. The zero-order chi connectivity index (χ0) is 8.91. The maximum absolute atomic E-state index is 10.2. The monoisotopic (exact) mass is 180 g/mol. The lowest BCUT2D eigenvalue weighted by Gasteiger charge is -2.25.